The van der Waals surface area contributed by atoms with Gasteiger partial charge in [-0.3, -0.25) is 0 Å². The quantitative estimate of drug-likeness (QED) is 0.780. The van der Waals surface area contributed by atoms with Gasteiger partial charge in [0.25, 0.3) is 0 Å². The molecule has 0 amide bonds. The molecule has 0 spiro atoms. The van der Waals surface area contributed by atoms with Gasteiger partial charge in [0.05, 0.1) is 14.2 Å². The fraction of sp³-hybridized carbons (Fsp3) is 0.294. The van der Waals surface area contributed by atoms with Crippen molar-refractivity contribution in [2.24, 2.45) is 0 Å². The van der Waals surface area contributed by atoms with Crippen molar-refractivity contribution in [3.63, 3.8) is 0 Å². The number of ether oxygens (including phenoxy) is 2. The number of methoxy groups -OCH3 is 2. The van der Waals surface area contributed by atoms with Gasteiger partial charge in [-0.25, -0.2) is 17.5 Å². The summed E-state index contributed by atoms with van der Waals surface area (Å²) in [6.07, 6.45) is 0. The van der Waals surface area contributed by atoms with Crippen molar-refractivity contribution in [2.75, 3.05) is 20.8 Å². The maximum Gasteiger partial charge on any atom is 0.244 e. The molecule has 2 aromatic rings. The smallest absolute Gasteiger partial charge is 0.244 e. The number of benzene rings is 2. The Hall–Kier alpha value is -2.16. The van der Waals surface area contributed by atoms with Crippen LogP contribution in [0.25, 0.3) is 0 Å². The number of hydrogen-bond acceptors (Lipinski definition) is 5. The van der Waals surface area contributed by atoms with E-state index in [0.717, 1.165) is 0 Å². The number of halogens is 1. The number of sulfonamides is 1. The average Bonchev–Trinajstić information content (AvgIpc) is 2.60. The van der Waals surface area contributed by atoms with Crippen LogP contribution in [0.1, 0.15) is 12.5 Å². The summed E-state index contributed by atoms with van der Waals surface area (Å²) in [5.41, 5.74) is -1.14. The molecule has 0 aromatic heterocycles. The topological polar surface area (TPSA) is 84.9 Å². The summed E-state index contributed by atoms with van der Waals surface area (Å²) in [6, 6.07) is 9.57. The van der Waals surface area contributed by atoms with Gasteiger partial charge in [0.1, 0.15) is 27.8 Å². The third-order valence-electron chi connectivity index (χ3n) is 3.73. The van der Waals surface area contributed by atoms with Gasteiger partial charge in [0.2, 0.25) is 10.0 Å². The van der Waals surface area contributed by atoms with Crippen molar-refractivity contribution in [1.82, 2.24) is 4.72 Å². The molecule has 2 N–H and O–H groups in total. The van der Waals surface area contributed by atoms with E-state index in [1.807, 2.05) is 0 Å². The van der Waals surface area contributed by atoms with Crippen LogP contribution in [0.3, 0.4) is 0 Å². The van der Waals surface area contributed by atoms with Crippen LogP contribution in [0.4, 0.5) is 4.39 Å². The van der Waals surface area contributed by atoms with Gasteiger partial charge in [0, 0.05) is 12.6 Å². The first-order chi connectivity index (χ1) is 11.7. The second-order valence-corrected chi connectivity index (χ2v) is 7.36. The summed E-state index contributed by atoms with van der Waals surface area (Å²) < 4.78 is 50.7. The Labute approximate surface area is 146 Å². The number of hydrogen-bond donors (Lipinski definition) is 2. The highest BCUT2D eigenvalue weighted by atomic mass is 32.2. The van der Waals surface area contributed by atoms with Gasteiger partial charge in [-0.1, -0.05) is 12.1 Å². The van der Waals surface area contributed by atoms with E-state index in [1.54, 1.807) is 6.07 Å². The van der Waals surface area contributed by atoms with Crippen LogP contribution in [-0.2, 0) is 15.6 Å². The summed E-state index contributed by atoms with van der Waals surface area (Å²) in [5, 5.41) is 10.5. The first-order valence-corrected chi connectivity index (χ1v) is 8.88. The second kappa shape index (κ2) is 7.38. The normalized spacial score (nSPS) is 14.0. The molecular formula is C17H20FNO5S. The van der Waals surface area contributed by atoms with E-state index >= 15 is 0 Å². The Balaban J connectivity index is 2.25. The number of aliphatic hydroxyl groups is 1. The molecule has 0 fully saturated rings. The minimum atomic E-state index is -3.97. The van der Waals surface area contributed by atoms with E-state index in [-0.39, 0.29) is 17.2 Å². The summed E-state index contributed by atoms with van der Waals surface area (Å²) in [5.74, 6) is 0.0578. The molecule has 0 aliphatic carbocycles. The monoisotopic (exact) mass is 369 g/mol. The molecular weight excluding hydrogens is 349 g/mol. The van der Waals surface area contributed by atoms with E-state index < -0.39 is 21.4 Å². The third kappa shape index (κ3) is 4.47. The van der Waals surface area contributed by atoms with Crippen LogP contribution < -0.4 is 14.2 Å². The molecule has 8 heteroatoms. The predicted molar refractivity (Wildman–Crippen MR) is 90.7 cm³/mol. The zero-order valence-electron chi connectivity index (χ0n) is 14.1. The molecule has 0 saturated heterocycles. The lowest BCUT2D eigenvalue weighted by molar-refractivity contribution is 0.0627. The molecule has 0 heterocycles. The summed E-state index contributed by atoms with van der Waals surface area (Å²) >= 11 is 0. The lowest BCUT2D eigenvalue weighted by Gasteiger charge is -2.24. The number of rotatable bonds is 7. The Morgan fingerprint density at radius 1 is 1.12 bits per heavy atom. The van der Waals surface area contributed by atoms with E-state index in [9.17, 15) is 17.9 Å². The molecule has 0 bridgehead atoms. The lowest BCUT2D eigenvalue weighted by atomic mass is 9.96. The SMILES string of the molecule is COc1ccc(OC)c(S(=O)(=O)NCC(C)(O)c2ccc(F)cc2)c1. The van der Waals surface area contributed by atoms with E-state index in [4.69, 9.17) is 9.47 Å². The summed E-state index contributed by atoms with van der Waals surface area (Å²) in [4.78, 5) is -0.107. The maximum atomic E-state index is 13.0. The predicted octanol–water partition coefficient (Wildman–Crippen LogP) is 2.03. The van der Waals surface area contributed by atoms with Crippen LogP contribution in [0, 0.1) is 5.82 Å². The average molecular weight is 369 g/mol. The molecule has 1 atom stereocenters. The molecule has 2 aromatic carbocycles. The van der Waals surface area contributed by atoms with Crippen molar-refractivity contribution < 1.29 is 27.4 Å². The van der Waals surface area contributed by atoms with E-state index in [1.165, 1.54) is 57.5 Å². The Kier molecular flexibility index (Phi) is 5.66. The fourth-order valence-electron chi connectivity index (χ4n) is 2.22. The van der Waals surface area contributed by atoms with Crippen LogP contribution in [0.15, 0.2) is 47.4 Å². The van der Waals surface area contributed by atoms with Crippen LogP contribution in [-0.4, -0.2) is 34.3 Å². The van der Waals surface area contributed by atoms with Crippen molar-refractivity contribution in [1.29, 1.82) is 0 Å². The van der Waals surface area contributed by atoms with Gasteiger partial charge in [-0.2, -0.15) is 0 Å². The molecule has 2 rings (SSSR count). The second-order valence-electron chi connectivity index (χ2n) is 5.62. The largest absolute Gasteiger partial charge is 0.497 e. The highest BCUT2D eigenvalue weighted by molar-refractivity contribution is 7.89. The molecule has 0 aliphatic rings. The van der Waals surface area contributed by atoms with Crippen molar-refractivity contribution in [2.45, 2.75) is 17.4 Å². The van der Waals surface area contributed by atoms with Gasteiger partial charge >= 0.3 is 0 Å². The minimum Gasteiger partial charge on any atom is -0.497 e. The number of nitrogens with one attached hydrogen (secondary N) is 1. The molecule has 0 saturated carbocycles. The maximum absolute atomic E-state index is 13.0. The van der Waals surface area contributed by atoms with Crippen molar-refractivity contribution >= 4 is 10.0 Å². The first kappa shape index (κ1) is 19.2. The van der Waals surface area contributed by atoms with E-state index in [2.05, 4.69) is 4.72 Å². The third-order valence-corrected chi connectivity index (χ3v) is 5.16. The zero-order chi connectivity index (χ0) is 18.7. The summed E-state index contributed by atoms with van der Waals surface area (Å²) in [7, 11) is -1.20. The Bertz CT molecular complexity index is 835. The van der Waals surface area contributed by atoms with Gasteiger partial charge in [0.15, 0.2) is 0 Å². The van der Waals surface area contributed by atoms with Gasteiger partial charge < -0.3 is 14.6 Å². The molecule has 0 aliphatic heterocycles. The lowest BCUT2D eigenvalue weighted by Crippen LogP contribution is -2.38. The molecule has 6 nitrogen and oxygen atoms in total. The zero-order valence-corrected chi connectivity index (χ0v) is 14.9. The first-order valence-electron chi connectivity index (χ1n) is 7.40. The Morgan fingerprint density at radius 3 is 2.32 bits per heavy atom. The van der Waals surface area contributed by atoms with Gasteiger partial charge in [-0.15, -0.1) is 0 Å². The van der Waals surface area contributed by atoms with Crippen molar-refractivity contribution in [3.05, 3.63) is 53.8 Å². The van der Waals surface area contributed by atoms with Crippen LogP contribution >= 0.6 is 0 Å². The fourth-order valence-corrected chi connectivity index (χ4v) is 3.53. The minimum absolute atomic E-state index is 0.107. The van der Waals surface area contributed by atoms with Crippen molar-refractivity contribution in [3.8, 4) is 11.5 Å². The van der Waals surface area contributed by atoms with Crippen LogP contribution in [0.2, 0.25) is 0 Å². The van der Waals surface area contributed by atoms with Crippen LogP contribution in [0.5, 0.6) is 11.5 Å². The molecule has 136 valence electrons. The molecule has 0 radical (unpaired) electrons. The molecule has 25 heavy (non-hydrogen) atoms. The van der Waals surface area contributed by atoms with E-state index in [0.29, 0.717) is 11.3 Å². The van der Waals surface area contributed by atoms with Gasteiger partial charge in [-0.05, 0) is 36.8 Å². The molecule has 1 unspecified atom stereocenters. The highest BCUT2D eigenvalue weighted by Crippen LogP contribution is 2.28. The Morgan fingerprint density at radius 2 is 1.76 bits per heavy atom. The summed E-state index contributed by atoms with van der Waals surface area (Å²) in [6.45, 7) is 1.13. The standard InChI is InChI=1S/C17H20FNO5S/c1-17(20,12-4-6-13(18)7-5-12)11-19-25(21,22)16-10-14(23-2)8-9-15(16)24-3/h4-10,19-20H,11H2,1-3H3. The highest BCUT2D eigenvalue weighted by Gasteiger charge is 2.28.